The van der Waals surface area contributed by atoms with Crippen LogP contribution in [-0.4, -0.2) is 74.8 Å². The molecule has 10 nitrogen and oxygen atoms in total. The highest BCUT2D eigenvalue weighted by Crippen LogP contribution is 2.67. The number of nitrogens with two attached hydrogens (primary N) is 1. The summed E-state index contributed by atoms with van der Waals surface area (Å²) in [4.78, 5) is 27.6. The SMILES string of the molecule is C=C(C=C1C=CC2(CCC3(C(CCCO)C(=C(C)C(=O)Cc4cccc5c4C(NCC(C)O)C(=O)NC5N)CCC3(C)O)C2O)C(CO)=C1)CCC=C(C)C. The van der Waals surface area contributed by atoms with Crippen LogP contribution in [0.4, 0.5) is 0 Å². The van der Waals surface area contributed by atoms with Crippen molar-refractivity contribution in [3.8, 4) is 0 Å². The van der Waals surface area contributed by atoms with E-state index in [1.807, 2.05) is 49.4 Å². The minimum absolute atomic E-state index is 0.00282. The molecule has 9 N–H and O–H groups in total. The summed E-state index contributed by atoms with van der Waals surface area (Å²) in [6.07, 6.45) is 11.9. The summed E-state index contributed by atoms with van der Waals surface area (Å²) < 4.78 is 0. The van der Waals surface area contributed by atoms with Crippen molar-refractivity contribution < 1.29 is 35.1 Å². The standard InChI is InChI=1S/C45H63N3O7/c1-27(2)10-7-11-28(3)22-31-15-18-44(33(23-31)26-50)19-20-45(42(44)54)36(14-9-21-49)34(16-17-43(45,6)55)30(5)37(52)24-32-12-8-13-35-38(32)39(47-25-29(4)51)41(53)48-40(35)46/h8,10,12-13,15,18,22-23,29,36,39-40,42,47,49-51,54-55H,3,7,9,11,14,16-17,19-21,24-26,46H2,1-2,4-6H3,(H,48,53). The molecule has 1 aromatic rings. The minimum Gasteiger partial charge on any atom is -0.396 e. The molecule has 55 heavy (non-hydrogen) atoms. The Balaban J connectivity index is 1.51. The lowest BCUT2D eigenvalue weighted by molar-refractivity contribution is -0.173. The molecule has 0 aromatic heterocycles. The van der Waals surface area contributed by atoms with E-state index in [4.69, 9.17) is 5.73 Å². The van der Waals surface area contributed by atoms with Crippen molar-refractivity contribution in [2.75, 3.05) is 19.8 Å². The van der Waals surface area contributed by atoms with Crippen LogP contribution in [-0.2, 0) is 16.0 Å². The van der Waals surface area contributed by atoms with Crippen LogP contribution in [0.3, 0.4) is 0 Å². The van der Waals surface area contributed by atoms with E-state index in [1.165, 1.54) is 5.57 Å². The van der Waals surface area contributed by atoms with Crippen LogP contribution >= 0.6 is 0 Å². The van der Waals surface area contributed by atoms with Crippen molar-refractivity contribution in [3.05, 3.63) is 105 Å². The normalized spacial score (nSPS) is 32.3. The maximum absolute atomic E-state index is 14.4. The number of nitrogens with one attached hydrogen (secondary N) is 2. The maximum Gasteiger partial charge on any atom is 0.243 e. The number of amides is 1. The topological polar surface area (TPSA) is 185 Å². The van der Waals surface area contributed by atoms with Crippen LogP contribution in [0.15, 0.2) is 88.6 Å². The second-order valence-electron chi connectivity index (χ2n) is 16.8. The summed E-state index contributed by atoms with van der Waals surface area (Å²) in [7, 11) is 0. The van der Waals surface area contributed by atoms with Crippen molar-refractivity contribution in [1.82, 2.24) is 10.6 Å². The lowest BCUT2D eigenvalue weighted by atomic mass is 9.51. The molecule has 2 saturated carbocycles. The Bertz CT molecular complexity index is 1800. The van der Waals surface area contributed by atoms with Crippen molar-refractivity contribution in [2.45, 2.75) is 122 Å². The zero-order chi connectivity index (χ0) is 40.3. The molecule has 300 valence electrons. The average molecular weight is 758 g/mol. The van der Waals surface area contributed by atoms with E-state index in [-0.39, 0.29) is 37.9 Å². The van der Waals surface area contributed by atoms with Gasteiger partial charge in [-0.05, 0) is 125 Å². The number of aliphatic hydroxyl groups is 5. The summed E-state index contributed by atoms with van der Waals surface area (Å²) in [6, 6.07) is 4.69. The second-order valence-corrected chi connectivity index (χ2v) is 16.8. The fourth-order valence-corrected chi connectivity index (χ4v) is 9.93. The first-order chi connectivity index (χ1) is 26.0. The van der Waals surface area contributed by atoms with Gasteiger partial charge in [0.15, 0.2) is 5.78 Å². The molecule has 0 bridgehead atoms. The van der Waals surface area contributed by atoms with Crippen molar-refractivity contribution in [2.24, 2.45) is 22.5 Å². The van der Waals surface area contributed by atoms with Crippen LogP contribution in [0.25, 0.3) is 0 Å². The first-order valence-electron chi connectivity index (χ1n) is 19.9. The smallest absolute Gasteiger partial charge is 0.243 e. The van der Waals surface area contributed by atoms with E-state index in [9.17, 15) is 35.1 Å². The lowest BCUT2D eigenvalue weighted by Crippen LogP contribution is -2.61. The van der Waals surface area contributed by atoms with Crippen molar-refractivity contribution >= 4 is 11.7 Å². The van der Waals surface area contributed by atoms with Gasteiger partial charge in [-0.2, -0.15) is 0 Å². The van der Waals surface area contributed by atoms with Gasteiger partial charge in [0.2, 0.25) is 5.91 Å². The van der Waals surface area contributed by atoms with E-state index < -0.39 is 46.8 Å². The number of allylic oxidation sites excluding steroid dienone is 9. The monoisotopic (exact) mass is 757 g/mol. The lowest BCUT2D eigenvalue weighted by Gasteiger charge is -2.56. The molecule has 0 radical (unpaired) electrons. The molecule has 2 spiro atoms. The molecule has 10 heteroatoms. The van der Waals surface area contributed by atoms with Crippen molar-refractivity contribution in [1.29, 1.82) is 0 Å². The highest BCUT2D eigenvalue weighted by molar-refractivity contribution is 5.98. The Morgan fingerprint density at radius 2 is 1.93 bits per heavy atom. The molecule has 1 aromatic carbocycles. The number of Topliss-reactive ketones (excluding diaryl/α,β-unsaturated/α-hetero) is 1. The molecular weight excluding hydrogens is 695 g/mol. The van der Waals surface area contributed by atoms with E-state index in [2.05, 4.69) is 37.1 Å². The summed E-state index contributed by atoms with van der Waals surface area (Å²) in [5, 5.41) is 61.9. The highest BCUT2D eigenvalue weighted by Gasteiger charge is 2.68. The molecule has 3 aliphatic carbocycles. The number of fused-ring (bicyclic) bond motifs is 1. The van der Waals surface area contributed by atoms with Gasteiger partial charge in [0, 0.05) is 30.4 Å². The van der Waals surface area contributed by atoms with E-state index in [0.29, 0.717) is 66.4 Å². The van der Waals surface area contributed by atoms with Gasteiger partial charge < -0.3 is 36.6 Å². The summed E-state index contributed by atoms with van der Waals surface area (Å²) in [6.45, 7) is 13.4. The Kier molecular flexibility index (Phi) is 13.5. The Morgan fingerprint density at radius 3 is 2.60 bits per heavy atom. The molecule has 5 rings (SSSR count). The molecule has 1 aliphatic heterocycles. The predicted molar refractivity (Wildman–Crippen MR) is 215 cm³/mol. The summed E-state index contributed by atoms with van der Waals surface area (Å²) in [5.74, 6) is -0.898. The first kappa shape index (κ1) is 42.7. The van der Waals surface area contributed by atoms with Crippen molar-refractivity contribution in [3.63, 3.8) is 0 Å². The van der Waals surface area contributed by atoms with E-state index in [0.717, 1.165) is 29.6 Å². The van der Waals surface area contributed by atoms with Gasteiger partial charge in [-0.25, -0.2) is 0 Å². The predicted octanol–water partition coefficient (Wildman–Crippen LogP) is 4.99. The molecule has 2 fully saturated rings. The van der Waals surface area contributed by atoms with E-state index in [1.54, 1.807) is 13.8 Å². The molecule has 0 saturated heterocycles. The quantitative estimate of drug-likeness (QED) is 0.0957. The molecule has 1 heterocycles. The van der Waals surface area contributed by atoms with Crippen LogP contribution < -0.4 is 16.4 Å². The number of ketones is 1. The van der Waals surface area contributed by atoms with E-state index >= 15 is 0 Å². The second kappa shape index (κ2) is 17.3. The molecular formula is C45H63N3O7. The average Bonchev–Trinajstić information content (AvgIpc) is 3.42. The highest BCUT2D eigenvalue weighted by atomic mass is 16.3. The van der Waals surface area contributed by atoms with Gasteiger partial charge in [0.05, 0.1) is 24.4 Å². The number of carbonyl (C=O) groups is 2. The van der Waals surface area contributed by atoms with Gasteiger partial charge in [0.25, 0.3) is 0 Å². The largest absolute Gasteiger partial charge is 0.396 e. The van der Waals surface area contributed by atoms with Crippen LogP contribution in [0.5, 0.6) is 0 Å². The maximum atomic E-state index is 14.4. The number of hydrogen-bond donors (Lipinski definition) is 8. The zero-order valence-corrected chi connectivity index (χ0v) is 33.3. The third-order valence-electron chi connectivity index (χ3n) is 12.9. The number of rotatable bonds is 14. The number of aliphatic hydroxyl groups excluding tert-OH is 4. The number of hydrogen-bond acceptors (Lipinski definition) is 9. The third-order valence-corrected chi connectivity index (χ3v) is 12.9. The summed E-state index contributed by atoms with van der Waals surface area (Å²) >= 11 is 0. The fraction of sp³-hybridized carbons (Fsp3) is 0.556. The Morgan fingerprint density at radius 1 is 1.18 bits per heavy atom. The van der Waals surface area contributed by atoms with Crippen LogP contribution in [0, 0.1) is 16.7 Å². The molecule has 1 amide bonds. The Hall–Kier alpha value is -3.48. The summed E-state index contributed by atoms with van der Waals surface area (Å²) in [5.41, 5.74) is 10.2. The molecule has 8 unspecified atom stereocenters. The number of benzene rings is 1. The van der Waals surface area contributed by atoms with Gasteiger partial charge in [-0.15, -0.1) is 0 Å². The minimum atomic E-state index is -1.31. The molecule has 8 atom stereocenters. The van der Waals surface area contributed by atoms with Gasteiger partial charge in [-0.3, -0.25) is 14.9 Å². The van der Waals surface area contributed by atoms with Gasteiger partial charge in [0.1, 0.15) is 12.2 Å². The zero-order valence-electron chi connectivity index (χ0n) is 33.3. The first-order valence-corrected chi connectivity index (χ1v) is 19.9. The fourth-order valence-electron chi connectivity index (χ4n) is 9.93. The Labute approximate surface area is 326 Å². The number of carbonyl (C=O) groups excluding carboxylic acids is 2. The van der Waals surface area contributed by atoms with Crippen LogP contribution in [0.1, 0.15) is 115 Å². The van der Waals surface area contributed by atoms with Crippen LogP contribution in [0.2, 0.25) is 0 Å². The molecule has 4 aliphatic rings. The third kappa shape index (κ3) is 8.33. The van der Waals surface area contributed by atoms with Gasteiger partial charge in [-0.1, -0.05) is 71.9 Å². The van der Waals surface area contributed by atoms with Gasteiger partial charge >= 0.3 is 0 Å².